The molecule has 2 heteroatoms. The van der Waals surface area contributed by atoms with Gasteiger partial charge in [-0.25, -0.2) is 0 Å². The number of nitrogens with zero attached hydrogens (tertiary/aromatic N) is 1. The van der Waals surface area contributed by atoms with Crippen molar-refractivity contribution in [1.29, 1.82) is 0 Å². The second kappa shape index (κ2) is 8.11. The van der Waals surface area contributed by atoms with Crippen molar-refractivity contribution in [3.8, 4) is 0 Å². The predicted molar refractivity (Wildman–Crippen MR) is 79.1 cm³/mol. The molecule has 19 heavy (non-hydrogen) atoms. The van der Waals surface area contributed by atoms with E-state index in [0.717, 1.165) is 32.4 Å². The van der Waals surface area contributed by atoms with Gasteiger partial charge >= 0.3 is 0 Å². The van der Waals surface area contributed by atoms with Gasteiger partial charge in [-0.15, -0.1) is 0 Å². The number of ketones is 1. The molecule has 104 valence electrons. The lowest BCUT2D eigenvalue weighted by molar-refractivity contribution is -0.126. The average molecular weight is 259 g/mol. The van der Waals surface area contributed by atoms with Crippen LogP contribution in [0.25, 0.3) is 0 Å². The summed E-state index contributed by atoms with van der Waals surface area (Å²) in [6.45, 7) is 2.33. The summed E-state index contributed by atoms with van der Waals surface area (Å²) in [5.74, 6) is 0.508. The summed E-state index contributed by atoms with van der Waals surface area (Å²) < 4.78 is 0. The van der Waals surface area contributed by atoms with E-state index in [1.807, 2.05) is 36.4 Å². The van der Waals surface area contributed by atoms with Gasteiger partial charge < -0.3 is 0 Å². The van der Waals surface area contributed by atoms with Crippen LogP contribution in [0.15, 0.2) is 36.4 Å². The van der Waals surface area contributed by atoms with Gasteiger partial charge in [0.05, 0.1) is 6.04 Å². The van der Waals surface area contributed by atoms with Crippen LogP contribution in [-0.4, -0.2) is 29.8 Å². The second-order valence-electron chi connectivity index (χ2n) is 5.48. The molecule has 2 aliphatic rings. The number of Topliss-reactive ketones (excluding diaryl/α,β-unsaturated/α-hetero) is 1. The van der Waals surface area contributed by atoms with Crippen molar-refractivity contribution in [2.75, 3.05) is 13.1 Å². The van der Waals surface area contributed by atoms with Gasteiger partial charge in [-0.05, 0) is 38.8 Å². The van der Waals surface area contributed by atoms with Gasteiger partial charge in [0.15, 0.2) is 0 Å². The van der Waals surface area contributed by atoms with Crippen LogP contribution < -0.4 is 0 Å². The van der Waals surface area contributed by atoms with E-state index in [9.17, 15) is 4.79 Å². The molecule has 1 atom stereocenters. The monoisotopic (exact) mass is 259 g/mol. The molecule has 1 saturated carbocycles. The molecule has 1 aliphatic heterocycles. The van der Waals surface area contributed by atoms with E-state index in [2.05, 4.69) is 4.90 Å². The van der Waals surface area contributed by atoms with Crippen molar-refractivity contribution in [3.63, 3.8) is 0 Å². The van der Waals surface area contributed by atoms with Crippen LogP contribution >= 0.6 is 0 Å². The summed E-state index contributed by atoms with van der Waals surface area (Å²) in [5, 5.41) is 0. The summed E-state index contributed by atoms with van der Waals surface area (Å²) >= 11 is 0. The highest BCUT2D eigenvalue weighted by Crippen LogP contribution is 2.22. The number of piperidine rings is 1. The predicted octanol–water partition coefficient (Wildman–Crippen LogP) is 3.67. The third-order valence-corrected chi connectivity index (χ3v) is 4.02. The van der Waals surface area contributed by atoms with Crippen LogP contribution in [0.3, 0.4) is 0 Å². The van der Waals surface area contributed by atoms with Gasteiger partial charge in [0.2, 0.25) is 0 Å². The number of carbonyl (C=O) groups excluding carboxylic acids is 1. The number of carbonyl (C=O) groups is 1. The first-order chi connectivity index (χ1) is 9.38. The number of rotatable bonds is 1. The Morgan fingerprint density at radius 3 is 1.89 bits per heavy atom. The Morgan fingerprint density at radius 1 is 0.789 bits per heavy atom. The molecule has 3 rings (SSSR count). The fourth-order valence-corrected chi connectivity index (χ4v) is 2.97. The van der Waals surface area contributed by atoms with Crippen molar-refractivity contribution in [3.05, 3.63) is 36.4 Å². The zero-order chi connectivity index (χ0) is 13.3. The number of benzene rings is 1. The quantitative estimate of drug-likeness (QED) is 0.767. The van der Waals surface area contributed by atoms with Crippen molar-refractivity contribution in [2.45, 2.75) is 51.0 Å². The minimum Gasteiger partial charge on any atom is -0.298 e. The van der Waals surface area contributed by atoms with Crippen LogP contribution in [0.2, 0.25) is 0 Å². The van der Waals surface area contributed by atoms with Crippen molar-refractivity contribution >= 4 is 5.78 Å². The fraction of sp³-hybridized carbons (Fsp3) is 0.588. The fourth-order valence-electron chi connectivity index (χ4n) is 2.97. The second-order valence-corrected chi connectivity index (χ2v) is 5.48. The molecule has 0 bridgehead atoms. The Kier molecular flexibility index (Phi) is 6.09. The van der Waals surface area contributed by atoms with Gasteiger partial charge in [-0.3, -0.25) is 9.69 Å². The highest BCUT2D eigenvalue weighted by Gasteiger charge is 2.28. The Labute approximate surface area is 116 Å². The van der Waals surface area contributed by atoms with E-state index in [4.69, 9.17) is 0 Å². The summed E-state index contributed by atoms with van der Waals surface area (Å²) in [6, 6.07) is 12.3. The van der Waals surface area contributed by atoms with E-state index in [0.29, 0.717) is 11.8 Å². The molecule has 1 aromatic rings. The van der Waals surface area contributed by atoms with E-state index in [1.54, 1.807) is 0 Å². The van der Waals surface area contributed by atoms with Crippen LogP contribution in [0.4, 0.5) is 0 Å². The largest absolute Gasteiger partial charge is 0.298 e. The highest BCUT2D eigenvalue weighted by atomic mass is 16.1. The standard InChI is InChI=1S/C11H19NO.C6H6/c13-11-7-3-2-6-10(11)12-8-4-1-5-9-12;1-2-4-6-5-3-1/h10H,1-9H2;1-6H. The maximum atomic E-state index is 11.7. The van der Waals surface area contributed by atoms with Gasteiger partial charge in [0, 0.05) is 6.42 Å². The third kappa shape index (κ3) is 4.79. The Balaban J connectivity index is 0.000000186. The normalized spacial score (nSPS) is 24.4. The molecule has 1 aliphatic carbocycles. The molecule has 2 fully saturated rings. The zero-order valence-corrected chi connectivity index (χ0v) is 11.8. The average Bonchev–Trinajstić information content (AvgIpc) is 2.51. The molecule has 0 N–H and O–H groups in total. The summed E-state index contributed by atoms with van der Waals surface area (Å²) in [7, 11) is 0. The Hall–Kier alpha value is -1.15. The molecule has 2 nitrogen and oxygen atoms in total. The van der Waals surface area contributed by atoms with Crippen LogP contribution in [0.5, 0.6) is 0 Å². The number of hydrogen-bond donors (Lipinski definition) is 0. The third-order valence-electron chi connectivity index (χ3n) is 4.02. The first-order valence-electron chi connectivity index (χ1n) is 7.65. The number of hydrogen-bond acceptors (Lipinski definition) is 2. The summed E-state index contributed by atoms with van der Waals surface area (Å²) in [4.78, 5) is 14.1. The minimum atomic E-state index is 0.300. The van der Waals surface area contributed by atoms with E-state index in [1.165, 1.54) is 25.7 Å². The van der Waals surface area contributed by atoms with Crippen molar-refractivity contribution < 1.29 is 4.79 Å². The Morgan fingerprint density at radius 2 is 1.37 bits per heavy atom. The van der Waals surface area contributed by atoms with Gasteiger partial charge in [0.25, 0.3) is 0 Å². The maximum Gasteiger partial charge on any atom is 0.149 e. The van der Waals surface area contributed by atoms with Gasteiger partial charge in [-0.1, -0.05) is 49.2 Å². The molecular weight excluding hydrogens is 234 g/mol. The zero-order valence-electron chi connectivity index (χ0n) is 11.8. The molecule has 0 radical (unpaired) electrons. The molecular formula is C17H25NO. The van der Waals surface area contributed by atoms with E-state index < -0.39 is 0 Å². The Bertz CT molecular complexity index is 330. The lowest BCUT2D eigenvalue weighted by Crippen LogP contribution is -2.45. The van der Waals surface area contributed by atoms with Crippen molar-refractivity contribution in [2.24, 2.45) is 0 Å². The van der Waals surface area contributed by atoms with Crippen LogP contribution in [0, 0.1) is 0 Å². The first-order valence-corrected chi connectivity index (χ1v) is 7.65. The topological polar surface area (TPSA) is 20.3 Å². The first kappa shape index (κ1) is 14.3. The molecule has 1 unspecified atom stereocenters. The van der Waals surface area contributed by atoms with Crippen molar-refractivity contribution in [1.82, 2.24) is 4.90 Å². The highest BCUT2D eigenvalue weighted by molar-refractivity contribution is 5.84. The summed E-state index contributed by atoms with van der Waals surface area (Å²) in [5.41, 5.74) is 0. The van der Waals surface area contributed by atoms with Gasteiger partial charge in [0.1, 0.15) is 5.78 Å². The lowest BCUT2D eigenvalue weighted by atomic mass is 9.91. The molecule has 1 saturated heterocycles. The smallest absolute Gasteiger partial charge is 0.149 e. The molecule has 0 aromatic heterocycles. The molecule has 0 amide bonds. The lowest BCUT2D eigenvalue weighted by Gasteiger charge is -2.35. The minimum absolute atomic E-state index is 0.300. The van der Waals surface area contributed by atoms with Crippen LogP contribution in [-0.2, 0) is 4.79 Å². The maximum absolute atomic E-state index is 11.7. The number of likely N-dealkylation sites (tertiary alicyclic amines) is 1. The van der Waals surface area contributed by atoms with E-state index in [-0.39, 0.29) is 0 Å². The van der Waals surface area contributed by atoms with E-state index >= 15 is 0 Å². The SMILES string of the molecule is O=C1CCCCC1N1CCCCC1.c1ccccc1. The molecule has 1 aromatic carbocycles. The molecule has 1 heterocycles. The van der Waals surface area contributed by atoms with Crippen LogP contribution in [0.1, 0.15) is 44.9 Å². The molecule has 0 spiro atoms. The van der Waals surface area contributed by atoms with Gasteiger partial charge in [-0.2, -0.15) is 0 Å². The summed E-state index contributed by atoms with van der Waals surface area (Å²) in [6.07, 6.45) is 8.29.